The Labute approximate surface area is 175 Å². The highest BCUT2D eigenvalue weighted by molar-refractivity contribution is 6.05. The summed E-state index contributed by atoms with van der Waals surface area (Å²) in [4.78, 5) is 17.4. The number of carbonyl (C=O) groups is 1. The molecule has 0 aliphatic rings. The average molecular weight is 400 g/mol. The predicted molar refractivity (Wildman–Crippen MR) is 119 cm³/mol. The largest absolute Gasteiger partial charge is 0.494 e. The van der Waals surface area contributed by atoms with Gasteiger partial charge in [0.1, 0.15) is 11.3 Å². The van der Waals surface area contributed by atoms with Gasteiger partial charge in [0.2, 0.25) is 5.89 Å². The lowest BCUT2D eigenvalue weighted by molar-refractivity contribution is 0.102. The van der Waals surface area contributed by atoms with Gasteiger partial charge in [-0.05, 0) is 73.9 Å². The summed E-state index contributed by atoms with van der Waals surface area (Å²) in [6.45, 7) is 6.64. The van der Waals surface area contributed by atoms with Crippen LogP contribution in [0.4, 0.5) is 5.69 Å². The minimum atomic E-state index is -0.189. The zero-order chi connectivity index (χ0) is 21.1. The molecule has 1 heterocycles. The van der Waals surface area contributed by atoms with Gasteiger partial charge in [-0.1, -0.05) is 25.1 Å². The van der Waals surface area contributed by atoms with E-state index < -0.39 is 0 Å². The van der Waals surface area contributed by atoms with Crippen LogP contribution in [-0.2, 0) is 0 Å². The molecule has 0 radical (unpaired) electrons. The molecule has 0 saturated heterocycles. The summed E-state index contributed by atoms with van der Waals surface area (Å²) < 4.78 is 11.6. The van der Waals surface area contributed by atoms with Crippen LogP contribution in [-0.4, -0.2) is 17.5 Å². The fraction of sp³-hybridized carbons (Fsp3) is 0.200. The van der Waals surface area contributed by atoms with E-state index in [1.807, 2.05) is 69.3 Å². The smallest absolute Gasteiger partial charge is 0.255 e. The number of aromatic nitrogens is 1. The lowest BCUT2D eigenvalue weighted by atomic mass is 10.1. The Bertz CT molecular complexity index is 1210. The van der Waals surface area contributed by atoms with Gasteiger partial charge in [-0.25, -0.2) is 4.98 Å². The number of rotatable bonds is 6. The number of nitrogens with zero attached hydrogens (tertiary/aromatic N) is 1. The highest BCUT2D eigenvalue weighted by atomic mass is 16.5. The Morgan fingerprint density at radius 1 is 1.07 bits per heavy atom. The second kappa shape index (κ2) is 8.41. The molecule has 4 rings (SSSR count). The number of benzene rings is 3. The molecule has 0 aliphatic carbocycles. The molecule has 1 aromatic heterocycles. The fourth-order valence-corrected chi connectivity index (χ4v) is 3.30. The quantitative estimate of drug-likeness (QED) is 0.421. The van der Waals surface area contributed by atoms with Gasteiger partial charge in [0.15, 0.2) is 5.58 Å². The van der Waals surface area contributed by atoms with E-state index in [1.165, 1.54) is 0 Å². The Morgan fingerprint density at radius 3 is 2.73 bits per heavy atom. The number of fused-ring (bicyclic) bond motifs is 1. The number of carbonyl (C=O) groups excluding carboxylic acids is 1. The Morgan fingerprint density at radius 2 is 1.90 bits per heavy atom. The van der Waals surface area contributed by atoms with Crippen LogP contribution in [0.5, 0.6) is 5.75 Å². The Kier molecular flexibility index (Phi) is 5.53. The summed E-state index contributed by atoms with van der Waals surface area (Å²) in [7, 11) is 0. The molecular weight excluding hydrogens is 376 g/mol. The first-order valence-corrected chi connectivity index (χ1v) is 10.1. The van der Waals surface area contributed by atoms with Crippen LogP contribution < -0.4 is 10.1 Å². The monoisotopic (exact) mass is 400 g/mol. The number of hydrogen-bond donors (Lipinski definition) is 1. The summed E-state index contributed by atoms with van der Waals surface area (Å²) >= 11 is 0. The number of aryl methyl sites for hydroxylation is 1. The summed E-state index contributed by atoms with van der Waals surface area (Å²) in [5, 5.41) is 3.00. The van der Waals surface area contributed by atoms with Gasteiger partial charge in [-0.2, -0.15) is 0 Å². The third-order valence-electron chi connectivity index (χ3n) is 4.92. The topological polar surface area (TPSA) is 64.4 Å². The molecule has 5 heteroatoms. The van der Waals surface area contributed by atoms with Crippen LogP contribution in [0.1, 0.15) is 34.8 Å². The van der Waals surface area contributed by atoms with Crippen molar-refractivity contribution in [3.8, 4) is 17.2 Å². The van der Waals surface area contributed by atoms with E-state index in [0.29, 0.717) is 23.8 Å². The molecular formula is C25H24N2O3. The molecule has 3 aromatic carbocycles. The summed E-state index contributed by atoms with van der Waals surface area (Å²) in [6, 6.07) is 18.8. The van der Waals surface area contributed by atoms with E-state index in [0.717, 1.165) is 39.9 Å². The van der Waals surface area contributed by atoms with Crippen molar-refractivity contribution in [1.29, 1.82) is 0 Å². The average Bonchev–Trinajstić information content (AvgIpc) is 3.16. The van der Waals surface area contributed by atoms with E-state index in [-0.39, 0.29) is 5.91 Å². The molecule has 1 amide bonds. The zero-order valence-electron chi connectivity index (χ0n) is 17.4. The van der Waals surface area contributed by atoms with E-state index in [9.17, 15) is 4.79 Å². The molecule has 1 N–H and O–H groups in total. The van der Waals surface area contributed by atoms with Crippen molar-refractivity contribution in [3.63, 3.8) is 0 Å². The number of ether oxygens (including phenoxy) is 1. The number of nitrogens with one attached hydrogen (secondary N) is 1. The number of amides is 1. The molecule has 0 spiro atoms. The molecule has 5 nitrogen and oxygen atoms in total. The van der Waals surface area contributed by atoms with E-state index in [4.69, 9.17) is 9.15 Å². The van der Waals surface area contributed by atoms with Crippen LogP contribution in [0.15, 0.2) is 65.1 Å². The second-order valence-electron chi connectivity index (χ2n) is 7.30. The third-order valence-corrected chi connectivity index (χ3v) is 4.92. The predicted octanol–water partition coefficient (Wildman–Crippen LogP) is 6.15. The Balaban J connectivity index is 1.60. The van der Waals surface area contributed by atoms with Crippen molar-refractivity contribution in [1.82, 2.24) is 4.98 Å². The van der Waals surface area contributed by atoms with Crippen molar-refractivity contribution < 1.29 is 13.9 Å². The van der Waals surface area contributed by atoms with E-state index in [2.05, 4.69) is 10.3 Å². The highest BCUT2D eigenvalue weighted by Crippen LogP contribution is 2.31. The number of hydrogen-bond acceptors (Lipinski definition) is 4. The highest BCUT2D eigenvalue weighted by Gasteiger charge is 2.15. The van der Waals surface area contributed by atoms with Gasteiger partial charge in [0.05, 0.1) is 6.61 Å². The maximum absolute atomic E-state index is 12.8. The molecule has 0 atom stereocenters. The normalized spacial score (nSPS) is 10.9. The van der Waals surface area contributed by atoms with Gasteiger partial charge in [0, 0.05) is 16.8 Å². The van der Waals surface area contributed by atoms with E-state index in [1.54, 1.807) is 12.1 Å². The molecule has 0 aliphatic heterocycles. The van der Waals surface area contributed by atoms with Crippen molar-refractivity contribution >= 4 is 22.7 Å². The van der Waals surface area contributed by atoms with Crippen molar-refractivity contribution in [3.05, 3.63) is 77.4 Å². The first-order chi connectivity index (χ1) is 14.5. The third kappa shape index (κ3) is 4.06. The van der Waals surface area contributed by atoms with Crippen LogP contribution in [0, 0.1) is 13.8 Å². The van der Waals surface area contributed by atoms with Crippen molar-refractivity contribution in [2.24, 2.45) is 0 Å². The molecule has 152 valence electrons. The van der Waals surface area contributed by atoms with Gasteiger partial charge in [0.25, 0.3) is 5.91 Å². The van der Waals surface area contributed by atoms with Gasteiger partial charge >= 0.3 is 0 Å². The molecule has 4 aromatic rings. The first-order valence-electron chi connectivity index (χ1n) is 10.1. The number of oxazole rings is 1. The minimum Gasteiger partial charge on any atom is -0.494 e. The van der Waals surface area contributed by atoms with Crippen LogP contribution >= 0.6 is 0 Å². The molecule has 0 fully saturated rings. The summed E-state index contributed by atoms with van der Waals surface area (Å²) in [5.74, 6) is 1.04. The lowest BCUT2D eigenvalue weighted by Gasteiger charge is -2.12. The zero-order valence-corrected chi connectivity index (χ0v) is 17.4. The fourth-order valence-electron chi connectivity index (χ4n) is 3.30. The van der Waals surface area contributed by atoms with Crippen molar-refractivity contribution in [2.75, 3.05) is 11.9 Å². The maximum atomic E-state index is 12.8. The molecule has 0 saturated carbocycles. The maximum Gasteiger partial charge on any atom is 0.255 e. The molecule has 0 bridgehead atoms. The number of anilines is 1. The standard InChI is InChI=1S/C25H24N2O3/c1-4-13-29-19-8-5-7-18(15-19)24(28)26-21-10-6-9-20(17(21)3)25-27-22-14-16(2)11-12-23(22)30-25/h5-12,14-15H,4,13H2,1-3H3,(H,26,28). The second-order valence-corrected chi connectivity index (χ2v) is 7.30. The summed E-state index contributed by atoms with van der Waals surface area (Å²) in [5.41, 5.74) is 5.71. The lowest BCUT2D eigenvalue weighted by Crippen LogP contribution is -2.13. The van der Waals surface area contributed by atoms with Gasteiger partial charge in [-0.3, -0.25) is 4.79 Å². The van der Waals surface area contributed by atoms with Gasteiger partial charge < -0.3 is 14.5 Å². The van der Waals surface area contributed by atoms with Gasteiger partial charge in [-0.15, -0.1) is 0 Å². The minimum absolute atomic E-state index is 0.189. The molecule has 30 heavy (non-hydrogen) atoms. The summed E-state index contributed by atoms with van der Waals surface area (Å²) in [6.07, 6.45) is 0.914. The van der Waals surface area contributed by atoms with Crippen LogP contribution in [0.25, 0.3) is 22.6 Å². The van der Waals surface area contributed by atoms with E-state index >= 15 is 0 Å². The van der Waals surface area contributed by atoms with Crippen LogP contribution in [0.3, 0.4) is 0 Å². The van der Waals surface area contributed by atoms with Crippen LogP contribution in [0.2, 0.25) is 0 Å². The first kappa shape index (κ1) is 19.7. The SMILES string of the molecule is CCCOc1cccc(C(=O)Nc2cccc(-c3nc4cc(C)ccc4o3)c2C)c1. The Hall–Kier alpha value is -3.60. The molecule has 0 unspecified atom stereocenters. The van der Waals surface area contributed by atoms with Crippen molar-refractivity contribution in [2.45, 2.75) is 27.2 Å².